The van der Waals surface area contributed by atoms with Gasteiger partial charge in [-0.3, -0.25) is 0 Å². The lowest BCUT2D eigenvalue weighted by Gasteiger charge is -2.49. The third-order valence-electron chi connectivity index (χ3n) is 6.33. The fourth-order valence-corrected chi connectivity index (χ4v) is 4.36. The lowest BCUT2D eigenvalue weighted by atomic mass is 9.76. The van der Waals surface area contributed by atoms with E-state index in [4.69, 9.17) is 9.47 Å². The molecule has 1 fully saturated rings. The van der Waals surface area contributed by atoms with Crippen molar-refractivity contribution in [2.45, 2.75) is 76.5 Å². The predicted molar refractivity (Wildman–Crippen MR) is 98.1 cm³/mol. The minimum atomic E-state index is -1.43. The number of aromatic hydroxyl groups is 1. The zero-order chi connectivity index (χ0) is 20.1. The van der Waals surface area contributed by atoms with Gasteiger partial charge in [0, 0.05) is 12.0 Å². The highest BCUT2D eigenvalue weighted by atomic mass is 16.6. The molecular formula is C20H30O7. The Morgan fingerprint density at radius 1 is 1.07 bits per heavy atom. The van der Waals surface area contributed by atoms with Gasteiger partial charge in [-0.2, -0.15) is 0 Å². The van der Waals surface area contributed by atoms with E-state index in [-0.39, 0.29) is 18.8 Å². The molecule has 5 atom stereocenters. The van der Waals surface area contributed by atoms with Crippen LogP contribution in [0, 0.1) is 20.8 Å². The van der Waals surface area contributed by atoms with E-state index in [0.717, 1.165) is 28.0 Å². The Kier molecular flexibility index (Phi) is 5.20. The number of aliphatic hydroxyl groups is 4. The number of phenolic OH excluding ortho intramolecular Hbond substituents is 1. The van der Waals surface area contributed by atoms with E-state index in [2.05, 4.69) is 0 Å². The molecule has 0 radical (unpaired) electrons. The molecule has 7 nitrogen and oxygen atoms in total. The third-order valence-corrected chi connectivity index (χ3v) is 6.33. The number of hydrogen-bond donors (Lipinski definition) is 5. The Morgan fingerprint density at radius 2 is 1.74 bits per heavy atom. The van der Waals surface area contributed by atoms with Gasteiger partial charge in [-0.1, -0.05) is 0 Å². The molecule has 7 heteroatoms. The molecule has 152 valence electrons. The fourth-order valence-electron chi connectivity index (χ4n) is 4.36. The van der Waals surface area contributed by atoms with Crippen molar-refractivity contribution in [3.8, 4) is 11.5 Å². The van der Waals surface area contributed by atoms with Crippen molar-refractivity contribution in [2.24, 2.45) is 0 Å². The largest absolute Gasteiger partial charge is 0.507 e. The van der Waals surface area contributed by atoms with Crippen molar-refractivity contribution in [1.82, 2.24) is 0 Å². The van der Waals surface area contributed by atoms with Crippen LogP contribution in [0.4, 0.5) is 0 Å². The first-order chi connectivity index (χ1) is 12.5. The van der Waals surface area contributed by atoms with Gasteiger partial charge >= 0.3 is 0 Å². The summed E-state index contributed by atoms with van der Waals surface area (Å²) in [5.74, 6) is 1.00. The van der Waals surface area contributed by atoms with Crippen LogP contribution in [-0.2, 0) is 11.2 Å². The maximum Gasteiger partial charge on any atom is 0.127 e. The molecule has 2 heterocycles. The van der Waals surface area contributed by atoms with E-state index in [0.29, 0.717) is 12.8 Å². The molecule has 0 aromatic heterocycles. The van der Waals surface area contributed by atoms with Crippen LogP contribution < -0.4 is 4.74 Å². The van der Waals surface area contributed by atoms with Crippen molar-refractivity contribution in [3.05, 3.63) is 22.3 Å². The highest BCUT2D eigenvalue weighted by Gasteiger charge is 2.53. The van der Waals surface area contributed by atoms with Crippen LogP contribution in [0.2, 0.25) is 0 Å². The lowest BCUT2D eigenvalue weighted by molar-refractivity contribution is -0.259. The average Bonchev–Trinajstić information content (AvgIpc) is 2.65. The Hall–Kier alpha value is -1.38. The molecule has 2 aliphatic heterocycles. The van der Waals surface area contributed by atoms with Crippen LogP contribution in [0.1, 0.15) is 42.0 Å². The summed E-state index contributed by atoms with van der Waals surface area (Å²) in [6.45, 7) is 6.82. The number of benzene rings is 1. The van der Waals surface area contributed by atoms with E-state index >= 15 is 0 Å². The topological polar surface area (TPSA) is 120 Å². The zero-order valence-corrected chi connectivity index (χ0v) is 16.3. The number of fused-ring (bicyclic) bond motifs is 1. The van der Waals surface area contributed by atoms with Crippen LogP contribution in [-0.4, -0.2) is 68.3 Å². The quantitative estimate of drug-likeness (QED) is 0.520. The van der Waals surface area contributed by atoms with Gasteiger partial charge in [0.25, 0.3) is 0 Å². The van der Waals surface area contributed by atoms with Crippen LogP contribution in [0.3, 0.4) is 0 Å². The maximum absolute atomic E-state index is 10.5. The number of ether oxygens (including phenoxy) is 2. The van der Waals surface area contributed by atoms with Crippen LogP contribution in [0.15, 0.2) is 0 Å². The van der Waals surface area contributed by atoms with Crippen LogP contribution in [0.25, 0.3) is 0 Å². The van der Waals surface area contributed by atoms with E-state index in [9.17, 15) is 25.5 Å². The van der Waals surface area contributed by atoms with Crippen molar-refractivity contribution >= 4 is 0 Å². The average molecular weight is 382 g/mol. The molecule has 0 bridgehead atoms. The summed E-state index contributed by atoms with van der Waals surface area (Å²) in [7, 11) is 0. The molecule has 3 rings (SSSR count). The SMILES string of the molecule is Cc1c(C)c2c(c(C)c1O)CCC(C)(C[C@]1(CO)OC[C@@H](O)[C@@H](O)[C@@H]1O)O2. The summed E-state index contributed by atoms with van der Waals surface area (Å²) in [6.07, 6.45) is -2.60. The summed E-state index contributed by atoms with van der Waals surface area (Å²) in [5.41, 5.74) is 1.22. The Balaban J connectivity index is 1.93. The van der Waals surface area contributed by atoms with Crippen molar-refractivity contribution < 1.29 is 35.0 Å². The summed E-state index contributed by atoms with van der Waals surface area (Å²) in [4.78, 5) is 0. The van der Waals surface area contributed by atoms with Gasteiger partial charge in [-0.05, 0) is 57.2 Å². The Morgan fingerprint density at radius 3 is 2.37 bits per heavy atom. The smallest absolute Gasteiger partial charge is 0.127 e. The minimum absolute atomic E-state index is 0.152. The maximum atomic E-state index is 10.5. The standard InChI is InChI=1S/C20H30O7/c1-10-11(2)17-13(12(3)15(10)23)5-6-19(4,27-17)8-20(9-21)18(25)16(24)14(22)7-26-20/h14,16,18,21-25H,5-9H2,1-4H3/t14-,16-,18+,19?,20-/m1/s1. The molecule has 5 N–H and O–H groups in total. The van der Waals surface area contributed by atoms with E-state index < -0.39 is 36.1 Å². The molecule has 1 unspecified atom stereocenters. The number of phenols is 1. The van der Waals surface area contributed by atoms with Gasteiger partial charge in [-0.15, -0.1) is 0 Å². The monoisotopic (exact) mass is 382 g/mol. The highest BCUT2D eigenvalue weighted by molar-refractivity contribution is 5.58. The van der Waals surface area contributed by atoms with Gasteiger partial charge in [0.15, 0.2) is 0 Å². The number of rotatable bonds is 3. The molecule has 0 spiro atoms. The molecular weight excluding hydrogens is 352 g/mol. The molecule has 1 aromatic rings. The number of hydrogen-bond acceptors (Lipinski definition) is 7. The van der Waals surface area contributed by atoms with Gasteiger partial charge in [0.1, 0.15) is 41.0 Å². The molecule has 1 aromatic carbocycles. The molecule has 1 saturated heterocycles. The first kappa shape index (κ1) is 20.4. The second-order valence-electron chi connectivity index (χ2n) is 8.30. The van der Waals surface area contributed by atoms with E-state index in [1.165, 1.54) is 0 Å². The van der Waals surface area contributed by atoms with Crippen LogP contribution >= 0.6 is 0 Å². The first-order valence-corrected chi connectivity index (χ1v) is 9.35. The summed E-state index contributed by atoms with van der Waals surface area (Å²) in [6, 6.07) is 0. The van der Waals surface area contributed by atoms with Gasteiger partial charge in [-0.25, -0.2) is 0 Å². The molecule has 0 amide bonds. The minimum Gasteiger partial charge on any atom is -0.507 e. The third kappa shape index (κ3) is 3.21. The first-order valence-electron chi connectivity index (χ1n) is 9.35. The zero-order valence-electron chi connectivity index (χ0n) is 16.3. The van der Waals surface area contributed by atoms with Crippen LogP contribution in [0.5, 0.6) is 11.5 Å². The van der Waals surface area contributed by atoms with E-state index in [1.807, 2.05) is 27.7 Å². The Bertz CT molecular complexity index is 734. The highest BCUT2D eigenvalue weighted by Crippen LogP contribution is 2.46. The lowest BCUT2D eigenvalue weighted by Crippen LogP contribution is -2.65. The Labute approximate surface area is 159 Å². The second-order valence-corrected chi connectivity index (χ2v) is 8.30. The summed E-state index contributed by atoms with van der Waals surface area (Å²) < 4.78 is 12.0. The molecule has 0 saturated carbocycles. The van der Waals surface area contributed by atoms with E-state index in [1.54, 1.807) is 0 Å². The van der Waals surface area contributed by atoms with Crippen molar-refractivity contribution in [2.75, 3.05) is 13.2 Å². The van der Waals surface area contributed by atoms with Crippen molar-refractivity contribution in [3.63, 3.8) is 0 Å². The van der Waals surface area contributed by atoms with Gasteiger partial charge in [0.2, 0.25) is 0 Å². The van der Waals surface area contributed by atoms with Crippen molar-refractivity contribution in [1.29, 1.82) is 0 Å². The predicted octanol–water partition coefficient (Wildman–Crippen LogP) is 0.635. The molecule has 27 heavy (non-hydrogen) atoms. The molecule has 2 aliphatic rings. The second kappa shape index (κ2) is 6.90. The van der Waals surface area contributed by atoms with Gasteiger partial charge < -0.3 is 35.0 Å². The fraction of sp³-hybridized carbons (Fsp3) is 0.700. The number of aliphatic hydroxyl groups excluding tert-OH is 4. The summed E-state index contributed by atoms with van der Waals surface area (Å²) in [5, 5.41) is 50.6. The van der Waals surface area contributed by atoms with Gasteiger partial charge in [0.05, 0.1) is 13.2 Å². The summed E-state index contributed by atoms with van der Waals surface area (Å²) >= 11 is 0. The normalized spacial score (nSPS) is 36.2. The molecule has 0 aliphatic carbocycles.